The normalized spacial score (nSPS) is 18.1. The van der Waals surface area contributed by atoms with E-state index in [1.165, 1.54) is 23.1 Å². The van der Waals surface area contributed by atoms with E-state index >= 15 is 8.78 Å². The van der Waals surface area contributed by atoms with Gasteiger partial charge >= 0.3 is 5.66 Å². The van der Waals surface area contributed by atoms with Crippen LogP contribution in [-0.2, 0) is 36.4 Å². The summed E-state index contributed by atoms with van der Waals surface area (Å²) < 4.78 is 91.1. The van der Waals surface area contributed by atoms with Gasteiger partial charge in [-0.2, -0.15) is 27.8 Å². The van der Waals surface area contributed by atoms with Gasteiger partial charge in [0.25, 0.3) is 5.92 Å². The van der Waals surface area contributed by atoms with Gasteiger partial charge in [0, 0.05) is 41.1 Å². The number of hydrogen-bond donors (Lipinski definition) is 3. The predicted octanol–water partition coefficient (Wildman–Crippen LogP) is 6.05. The van der Waals surface area contributed by atoms with Crippen LogP contribution in [0.5, 0.6) is 0 Å². The molecule has 0 saturated heterocycles. The Morgan fingerprint density at radius 3 is 2.52 bits per heavy atom. The van der Waals surface area contributed by atoms with Crippen LogP contribution in [-0.4, -0.2) is 41.2 Å². The standard InChI is InChI=1S/C36H32F6N7O2P/c1-34(2,51)10-9-20-7-8-21(22-5-4-6-23-30(22)48(3)47-33(23)43)29(44-20)26(13-17-11-18(37)14-19(38)12-17)45-27(50)16-49-32-28(31(46-49)36(41,42)52)24-15-25(24)35(32,39)40/h4-8,11-12,14,24-26,51H,13,15-16,52H2,1-3H3,(H2,43,47)(H,45,50)/t24-,25+,26-/m0/s1. The molecule has 16 heteroatoms. The quantitative estimate of drug-likeness (QED) is 0.101. The van der Waals surface area contributed by atoms with E-state index < -0.39 is 70.5 Å². The Hall–Kier alpha value is -4.93. The van der Waals surface area contributed by atoms with Gasteiger partial charge in [-0.3, -0.25) is 14.2 Å². The highest BCUT2D eigenvalue weighted by Gasteiger charge is 2.67. The molecular weight excluding hydrogens is 707 g/mol. The highest BCUT2D eigenvalue weighted by Crippen LogP contribution is 2.68. The van der Waals surface area contributed by atoms with Gasteiger partial charge in [-0.05, 0) is 74.4 Å². The topological polar surface area (TPSA) is 124 Å². The number of pyridine rings is 1. The Morgan fingerprint density at radius 1 is 1.13 bits per heavy atom. The Bertz CT molecular complexity index is 2310. The van der Waals surface area contributed by atoms with Crippen LogP contribution in [0.15, 0.2) is 48.5 Å². The predicted molar refractivity (Wildman–Crippen MR) is 183 cm³/mol. The van der Waals surface area contributed by atoms with Crippen LogP contribution in [0.2, 0.25) is 0 Å². The van der Waals surface area contributed by atoms with E-state index in [2.05, 4.69) is 27.4 Å². The monoisotopic (exact) mass is 739 g/mol. The molecule has 4 N–H and O–H groups in total. The van der Waals surface area contributed by atoms with E-state index in [0.29, 0.717) is 32.8 Å². The van der Waals surface area contributed by atoms with Gasteiger partial charge in [-0.25, -0.2) is 13.8 Å². The van der Waals surface area contributed by atoms with E-state index in [-0.39, 0.29) is 41.2 Å². The summed E-state index contributed by atoms with van der Waals surface area (Å²) in [5.74, 6) is -2.38. The average molecular weight is 740 g/mol. The number of aryl methyl sites for hydroxylation is 1. The second-order valence-corrected chi connectivity index (χ2v) is 14.4. The Balaban J connectivity index is 1.36. The van der Waals surface area contributed by atoms with E-state index in [0.717, 1.165) is 12.1 Å². The number of nitrogens with two attached hydrogens (primary N) is 1. The van der Waals surface area contributed by atoms with E-state index in [4.69, 9.17) is 10.7 Å². The summed E-state index contributed by atoms with van der Waals surface area (Å²) in [6, 6.07) is 10.1. The van der Waals surface area contributed by atoms with Gasteiger partial charge < -0.3 is 16.2 Å². The van der Waals surface area contributed by atoms with Gasteiger partial charge in [-0.15, -0.1) is 0 Å². The molecule has 2 aliphatic rings. The number of para-hydroxylation sites is 1. The lowest BCUT2D eigenvalue weighted by molar-refractivity contribution is -0.123. The largest absolute Gasteiger partial charge is 0.382 e. The molecule has 5 aromatic rings. The lowest BCUT2D eigenvalue weighted by Crippen LogP contribution is -2.35. The molecule has 270 valence electrons. The first kappa shape index (κ1) is 35.5. The SMILES string of the molecule is Cn1nc(N)c2cccc(-c3ccc(C#CC(C)(C)O)nc3[C@H](Cc3cc(F)cc(F)c3)NC(=O)Cn3nc(C(F)(F)P)c4c3C(F)(F)[C@@H]3C[C@H]43)c21. The fourth-order valence-corrected chi connectivity index (χ4v) is 7.24. The van der Waals surface area contributed by atoms with Gasteiger partial charge in [-0.1, -0.05) is 27.3 Å². The number of amides is 1. The molecule has 52 heavy (non-hydrogen) atoms. The molecular formula is C36H32F6N7O2P. The molecule has 4 atom stereocenters. The smallest absolute Gasteiger partial charge is 0.302 e. The zero-order valence-corrected chi connectivity index (χ0v) is 29.1. The minimum Gasteiger partial charge on any atom is -0.382 e. The van der Waals surface area contributed by atoms with Crippen LogP contribution >= 0.6 is 9.24 Å². The lowest BCUT2D eigenvalue weighted by atomic mass is 9.93. The minimum atomic E-state index is -3.62. The number of halogens is 6. The number of alkyl halides is 4. The number of carbonyl (C=O) groups is 1. The number of fused-ring (bicyclic) bond motifs is 4. The van der Waals surface area contributed by atoms with Crippen LogP contribution in [0, 0.1) is 29.4 Å². The Kier molecular flexibility index (Phi) is 8.42. The van der Waals surface area contributed by atoms with Crippen molar-refractivity contribution in [2.45, 2.75) is 62.4 Å². The number of carbonyl (C=O) groups excluding carboxylic acids is 1. The number of aromatic nitrogens is 5. The number of hydrogen-bond acceptors (Lipinski definition) is 6. The first-order chi connectivity index (χ1) is 24.3. The van der Waals surface area contributed by atoms with Crippen LogP contribution in [0.4, 0.5) is 32.2 Å². The summed E-state index contributed by atoms with van der Waals surface area (Å²) in [6.45, 7) is 2.08. The van der Waals surface area contributed by atoms with E-state index in [9.17, 15) is 27.5 Å². The second kappa shape index (κ2) is 12.3. The van der Waals surface area contributed by atoms with Gasteiger partial charge in [0.05, 0.1) is 17.3 Å². The van der Waals surface area contributed by atoms with Crippen molar-refractivity contribution in [3.8, 4) is 23.0 Å². The molecule has 7 rings (SSSR count). The van der Waals surface area contributed by atoms with E-state index in [1.54, 1.807) is 42.1 Å². The van der Waals surface area contributed by atoms with Gasteiger partial charge in [0.1, 0.15) is 40.9 Å². The van der Waals surface area contributed by atoms with Crippen molar-refractivity contribution in [1.82, 2.24) is 29.9 Å². The fourth-order valence-electron chi connectivity index (χ4n) is 7.02. The summed E-state index contributed by atoms with van der Waals surface area (Å²) in [5, 5.41) is 21.7. The Morgan fingerprint density at radius 2 is 1.85 bits per heavy atom. The van der Waals surface area contributed by atoms with Crippen molar-refractivity contribution in [2.75, 3.05) is 5.73 Å². The molecule has 3 aromatic heterocycles. The zero-order chi connectivity index (χ0) is 37.5. The van der Waals surface area contributed by atoms with Crippen molar-refractivity contribution in [3.63, 3.8) is 0 Å². The molecule has 1 saturated carbocycles. The summed E-state index contributed by atoms with van der Waals surface area (Å²) in [5.41, 5.74) is 1.36. The Labute approximate surface area is 295 Å². The maximum absolute atomic E-state index is 15.4. The number of nitrogens with zero attached hydrogens (tertiary/aromatic N) is 5. The number of benzene rings is 2. The molecule has 0 spiro atoms. The molecule has 0 bridgehead atoms. The third-order valence-electron chi connectivity index (χ3n) is 9.17. The highest BCUT2D eigenvalue weighted by molar-refractivity contribution is 7.17. The highest BCUT2D eigenvalue weighted by atomic mass is 31.0. The van der Waals surface area contributed by atoms with Crippen molar-refractivity contribution < 1.29 is 36.2 Å². The number of rotatable bonds is 8. The maximum Gasteiger partial charge on any atom is 0.302 e. The van der Waals surface area contributed by atoms with Gasteiger partial charge in [0.2, 0.25) is 5.91 Å². The lowest BCUT2D eigenvalue weighted by Gasteiger charge is -2.23. The van der Waals surface area contributed by atoms with Crippen molar-refractivity contribution in [1.29, 1.82) is 0 Å². The van der Waals surface area contributed by atoms with Crippen LogP contribution < -0.4 is 11.1 Å². The molecule has 1 unspecified atom stereocenters. The first-order valence-corrected chi connectivity index (χ1v) is 16.8. The molecule has 2 aromatic carbocycles. The van der Waals surface area contributed by atoms with Gasteiger partial charge in [0.15, 0.2) is 5.82 Å². The summed E-state index contributed by atoms with van der Waals surface area (Å²) in [6.07, 6.45) is -0.215. The summed E-state index contributed by atoms with van der Waals surface area (Å²) >= 11 is 0. The maximum atomic E-state index is 15.4. The van der Waals surface area contributed by atoms with E-state index in [1.807, 2.05) is 0 Å². The van der Waals surface area contributed by atoms with Crippen LogP contribution in [0.3, 0.4) is 0 Å². The average Bonchev–Trinajstić information content (AvgIpc) is 3.59. The summed E-state index contributed by atoms with van der Waals surface area (Å²) in [7, 11) is 3.00. The van der Waals surface area contributed by atoms with Crippen LogP contribution in [0.1, 0.15) is 66.1 Å². The number of anilines is 1. The minimum absolute atomic E-state index is 0.0358. The van der Waals surface area contributed by atoms with Crippen LogP contribution in [0.25, 0.3) is 22.0 Å². The molecule has 1 fully saturated rings. The molecule has 9 nitrogen and oxygen atoms in total. The molecule has 0 aliphatic heterocycles. The number of nitrogens with one attached hydrogen (secondary N) is 1. The van der Waals surface area contributed by atoms with Crippen molar-refractivity contribution in [2.24, 2.45) is 13.0 Å². The molecule has 2 aliphatic carbocycles. The zero-order valence-electron chi connectivity index (χ0n) is 28.0. The summed E-state index contributed by atoms with van der Waals surface area (Å²) in [4.78, 5) is 18.6. The number of nitrogen functional groups attached to an aromatic ring is 1. The molecule has 1 amide bonds. The number of aliphatic hydroxyl groups is 1. The molecule has 0 radical (unpaired) electrons. The van der Waals surface area contributed by atoms with Crippen molar-refractivity contribution in [3.05, 3.63) is 94.1 Å². The third-order valence-corrected chi connectivity index (χ3v) is 9.45. The third kappa shape index (κ3) is 6.50. The molecule has 3 heterocycles. The first-order valence-electron chi connectivity index (χ1n) is 16.2. The fraction of sp³-hybridized carbons (Fsp3) is 0.333. The second-order valence-electron chi connectivity index (χ2n) is 13.7. The van der Waals surface area contributed by atoms with Crippen molar-refractivity contribution >= 4 is 31.9 Å².